The minimum atomic E-state index is -0.565. The highest BCUT2D eigenvalue weighted by molar-refractivity contribution is 5.95. The SMILES string of the molecule is C=CCC(Cc1ccc(OCc2ccccc2)cc1)C(=O)N1C(=O)OC[C@@H]1Cc1ccccc1. The van der Waals surface area contributed by atoms with Gasteiger partial charge in [0, 0.05) is 5.92 Å². The highest BCUT2D eigenvalue weighted by Crippen LogP contribution is 2.24. The van der Waals surface area contributed by atoms with Crippen LogP contribution in [0.1, 0.15) is 23.1 Å². The molecule has 4 rings (SSSR count). The molecule has 0 spiro atoms. The number of nitrogens with zero attached hydrogens (tertiary/aromatic N) is 1. The van der Waals surface area contributed by atoms with Gasteiger partial charge in [-0.05, 0) is 48.1 Å². The molecule has 3 aromatic rings. The van der Waals surface area contributed by atoms with Crippen LogP contribution in [0.5, 0.6) is 5.75 Å². The Balaban J connectivity index is 1.41. The van der Waals surface area contributed by atoms with Crippen molar-refractivity contribution in [1.29, 1.82) is 0 Å². The Bertz CT molecular complexity index is 1100. The highest BCUT2D eigenvalue weighted by Gasteiger charge is 2.40. The number of carbonyl (C=O) groups excluding carboxylic acids is 2. The van der Waals surface area contributed by atoms with Crippen molar-refractivity contribution < 1.29 is 19.1 Å². The van der Waals surface area contributed by atoms with E-state index in [0.717, 1.165) is 22.4 Å². The molecule has 2 atom stereocenters. The molecule has 1 aliphatic rings. The van der Waals surface area contributed by atoms with Crippen LogP contribution in [-0.4, -0.2) is 29.5 Å². The minimum Gasteiger partial charge on any atom is -0.489 e. The number of amides is 2. The van der Waals surface area contributed by atoms with Crippen molar-refractivity contribution in [2.45, 2.75) is 31.9 Å². The van der Waals surface area contributed by atoms with E-state index in [1.165, 1.54) is 4.90 Å². The van der Waals surface area contributed by atoms with Crippen molar-refractivity contribution >= 4 is 12.0 Å². The Hall–Kier alpha value is -3.86. The van der Waals surface area contributed by atoms with Gasteiger partial charge in [0.15, 0.2) is 0 Å². The first-order valence-corrected chi connectivity index (χ1v) is 11.5. The molecule has 5 nitrogen and oxygen atoms in total. The average Bonchev–Trinajstić information content (AvgIpc) is 3.23. The van der Waals surface area contributed by atoms with E-state index in [1.807, 2.05) is 84.9 Å². The number of benzene rings is 3. The number of carbonyl (C=O) groups is 2. The molecule has 2 amide bonds. The maximum Gasteiger partial charge on any atom is 0.416 e. The Morgan fingerprint density at radius 2 is 1.62 bits per heavy atom. The summed E-state index contributed by atoms with van der Waals surface area (Å²) in [5.74, 6) is 0.162. The Morgan fingerprint density at radius 3 is 2.26 bits per heavy atom. The molecule has 174 valence electrons. The van der Waals surface area contributed by atoms with Gasteiger partial charge in [-0.3, -0.25) is 4.79 Å². The summed E-state index contributed by atoms with van der Waals surface area (Å²) in [6.07, 6.45) is 2.73. The predicted molar refractivity (Wildman–Crippen MR) is 131 cm³/mol. The standard InChI is InChI=1S/C29H29NO4/c1-2-9-25(18-23-14-16-27(17-15-23)33-20-24-12-7-4-8-13-24)28(31)30-26(21-34-29(30)32)19-22-10-5-3-6-11-22/h2-8,10-17,25-26H,1,9,18-21H2/t25?,26-/m0/s1. The van der Waals surface area contributed by atoms with E-state index in [1.54, 1.807) is 6.08 Å². The Kier molecular flexibility index (Phi) is 7.76. The topological polar surface area (TPSA) is 55.8 Å². The molecule has 1 fully saturated rings. The molecule has 1 heterocycles. The smallest absolute Gasteiger partial charge is 0.416 e. The summed E-state index contributed by atoms with van der Waals surface area (Å²) in [6.45, 7) is 4.53. The molecule has 1 aliphatic heterocycles. The second-order valence-corrected chi connectivity index (χ2v) is 8.47. The van der Waals surface area contributed by atoms with Gasteiger partial charge in [0.1, 0.15) is 19.0 Å². The first-order chi connectivity index (χ1) is 16.6. The molecule has 0 aliphatic carbocycles. The molecule has 0 bridgehead atoms. The van der Waals surface area contributed by atoms with Gasteiger partial charge in [0.25, 0.3) is 0 Å². The van der Waals surface area contributed by atoms with Crippen molar-refractivity contribution in [3.05, 3.63) is 114 Å². The molecule has 1 unspecified atom stereocenters. The van der Waals surface area contributed by atoms with Crippen molar-refractivity contribution in [2.75, 3.05) is 6.61 Å². The largest absolute Gasteiger partial charge is 0.489 e. The predicted octanol–water partition coefficient (Wildman–Crippen LogP) is 5.59. The summed E-state index contributed by atoms with van der Waals surface area (Å²) in [5, 5.41) is 0. The van der Waals surface area contributed by atoms with Crippen LogP contribution in [0.25, 0.3) is 0 Å². The van der Waals surface area contributed by atoms with Crippen LogP contribution < -0.4 is 4.74 Å². The van der Waals surface area contributed by atoms with E-state index >= 15 is 0 Å². The molecule has 0 aromatic heterocycles. The lowest BCUT2D eigenvalue weighted by atomic mass is 9.93. The lowest BCUT2D eigenvalue weighted by Gasteiger charge is -2.24. The average molecular weight is 456 g/mol. The third kappa shape index (κ3) is 5.93. The van der Waals surface area contributed by atoms with E-state index in [0.29, 0.717) is 25.9 Å². The molecular formula is C29H29NO4. The van der Waals surface area contributed by atoms with E-state index in [-0.39, 0.29) is 18.6 Å². The zero-order valence-corrected chi connectivity index (χ0v) is 19.1. The Labute approximate surface area is 200 Å². The van der Waals surface area contributed by atoms with Crippen LogP contribution >= 0.6 is 0 Å². The van der Waals surface area contributed by atoms with Crippen LogP contribution in [-0.2, 0) is 29.0 Å². The van der Waals surface area contributed by atoms with Gasteiger partial charge in [-0.15, -0.1) is 6.58 Å². The molecule has 0 N–H and O–H groups in total. The van der Waals surface area contributed by atoms with E-state index < -0.39 is 12.0 Å². The van der Waals surface area contributed by atoms with Gasteiger partial charge in [-0.25, -0.2) is 9.69 Å². The summed E-state index contributed by atoms with van der Waals surface area (Å²) in [5.41, 5.74) is 3.17. The van der Waals surface area contributed by atoms with E-state index in [4.69, 9.17) is 9.47 Å². The van der Waals surface area contributed by atoms with Crippen molar-refractivity contribution in [1.82, 2.24) is 4.90 Å². The number of ether oxygens (including phenoxy) is 2. The minimum absolute atomic E-state index is 0.215. The first kappa shape index (κ1) is 23.3. The lowest BCUT2D eigenvalue weighted by molar-refractivity contribution is -0.133. The summed E-state index contributed by atoms with van der Waals surface area (Å²) >= 11 is 0. The molecule has 34 heavy (non-hydrogen) atoms. The summed E-state index contributed by atoms with van der Waals surface area (Å²) < 4.78 is 11.1. The normalized spacial score (nSPS) is 16.1. The highest BCUT2D eigenvalue weighted by atomic mass is 16.6. The number of hydrogen-bond donors (Lipinski definition) is 0. The van der Waals surface area contributed by atoms with Crippen LogP contribution in [0.3, 0.4) is 0 Å². The van der Waals surface area contributed by atoms with Crippen LogP contribution in [0.15, 0.2) is 97.6 Å². The number of rotatable bonds is 10. The molecule has 3 aromatic carbocycles. The third-order valence-corrected chi connectivity index (χ3v) is 5.97. The fourth-order valence-corrected chi connectivity index (χ4v) is 4.18. The summed E-state index contributed by atoms with van der Waals surface area (Å²) in [6, 6.07) is 27.3. The lowest BCUT2D eigenvalue weighted by Crippen LogP contribution is -2.44. The molecule has 0 saturated carbocycles. The number of cyclic esters (lactones) is 1. The van der Waals surface area contributed by atoms with Crippen molar-refractivity contribution in [3.63, 3.8) is 0 Å². The fraction of sp³-hybridized carbons (Fsp3) is 0.241. The molecule has 1 saturated heterocycles. The van der Waals surface area contributed by atoms with E-state index in [9.17, 15) is 9.59 Å². The molecule has 0 radical (unpaired) electrons. The monoisotopic (exact) mass is 455 g/mol. The maximum absolute atomic E-state index is 13.4. The Morgan fingerprint density at radius 1 is 0.971 bits per heavy atom. The van der Waals surface area contributed by atoms with Gasteiger partial charge in [-0.1, -0.05) is 78.9 Å². The van der Waals surface area contributed by atoms with Crippen LogP contribution in [0.4, 0.5) is 4.79 Å². The summed E-state index contributed by atoms with van der Waals surface area (Å²) in [7, 11) is 0. The number of allylic oxidation sites excluding steroid dienone is 1. The number of hydrogen-bond acceptors (Lipinski definition) is 4. The van der Waals surface area contributed by atoms with E-state index in [2.05, 4.69) is 6.58 Å². The third-order valence-electron chi connectivity index (χ3n) is 5.97. The maximum atomic E-state index is 13.4. The first-order valence-electron chi connectivity index (χ1n) is 11.5. The second-order valence-electron chi connectivity index (χ2n) is 8.47. The summed E-state index contributed by atoms with van der Waals surface area (Å²) in [4.78, 5) is 27.2. The van der Waals surface area contributed by atoms with Crippen molar-refractivity contribution in [3.8, 4) is 5.75 Å². The van der Waals surface area contributed by atoms with Gasteiger partial charge in [-0.2, -0.15) is 0 Å². The molecular weight excluding hydrogens is 426 g/mol. The zero-order chi connectivity index (χ0) is 23.8. The fourth-order valence-electron chi connectivity index (χ4n) is 4.18. The van der Waals surface area contributed by atoms with Crippen LogP contribution in [0.2, 0.25) is 0 Å². The quantitative estimate of drug-likeness (QED) is 0.374. The zero-order valence-electron chi connectivity index (χ0n) is 19.1. The molecule has 5 heteroatoms. The second kappa shape index (κ2) is 11.3. The van der Waals surface area contributed by atoms with Crippen LogP contribution in [0, 0.1) is 5.92 Å². The van der Waals surface area contributed by atoms with Gasteiger partial charge in [0.05, 0.1) is 6.04 Å². The van der Waals surface area contributed by atoms with Crippen molar-refractivity contribution in [2.24, 2.45) is 5.92 Å². The van der Waals surface area contributed by atoms with Gasteiger partial charge >= 0.3 is 6.09 Å². The number of imide groups is 1. The van der Waals surface area contributed by atoms with Gasteiger partial charge < -0.3 is 9.47 Å². The van der Waals surface area contributed by atoms with Gasteiger partial charge in [0.2, 0.25) is 5.91 Å².